The number of non-ortho nitro benzene ring substituents is 1. The minimum atomic E-state index is -0.407. The third kappa shape index (κ3) is 7.91. The Morgan fingerprint density at radius 1 is 1.35 bits per heavy atom. The van der Waals surface area contributed by atoms with Gasteiger partial charge in [-0.15, -0.1) is 24.0 Å². The van der Waals surface area contributed by atoms with Gasteiger partial charge in [0.25, 0.3) is 5.69 Å². The van der Waals surface area contributed by atoms with E-state index in [0.717, 1.165) is 50.9 Å². The molecule has 1 amide bonds. The number of nitrogens with zero attached hydrogens (tertiary/aromatic N) is 3. The first kappa shape index (κ1) is 25.3. The molecule has 0 radical (unpaired) electrons. The summed E-state index contributed by atoms with van der Waals surface area (Å²) in [5, 5.41) is 17.6. The molecular formula is C21H32IN5O4. The van der Waals surface area contributed by atoms with E-state index < -0.39 is 4.92 Å². The lowest BCUT2D eigenvalue weighted by Gasteiger charge is -2.23. The summed E-state index contributed by atoms with van der Waals surface area (Å²) in [4.78, 5) is 28.7. The number of nitrogens with one attached hydrogen (secondary N) is 2. The molecule has 2 unspecified atom stereocenters. The van der Waals surface area contributed by atoms with E-state index >= 15 is 0 Å². The molecular weight excluding hydrogens is 513 g/mol. The van der Waals surface area contributed by atoms with Crippen LogP contribution in [0.4, 0.5) is 5.69 Å². The van der Waals surface area contributed by atoms with Gasteiger partial charge in [0.05, 0.1) is 23.6 Å². The monoisotopic (exact) mass is 545 g/mol. The van der Waals surface area contributed by atoms with Gasteiger partial charge in [0.2, 0.25) is 5.91 Å². The second-order valence-electron chi connectivity index (χ2n) is 7.84. The highest BCUT2D eigenvalue weighted by Crippen LogP contribution is 2.16. The number of rotatable bonds is 9. The van der Waals surface area contributed by atoms with Crippen molar-refractivity contribution in [1.82, 2.24) is 15.5 Å². The van der Waals surface area contributed by atoms with Gasteiger partial charge in [-0.25, -0.2) is 4.99 Å². The third-order valence-corrected chi connectivity index (χ3v) is 5.52. The number of nitro benzene ring substituents is 1. The molecule has 2 aliphatic heterocycles. The van der Waals surface area contributed by atoms with Crippen molar-refractivity contribution < 1.29 is 14.5 Å². The fraction of sp³-hybridized carbons (Fsp3) is 0.619. The molecule has 3 rings (SSSR count). The Hall–Kier alpha value is -1.95. The largest absolute Gasteiger partial charge is 0.376 e. The van der Waals surface area contributed by atoms with E-state index in [1.165, 1.54) is 12.1 Å². The zero-order valence-corrected chi connectivity index (χ0v) is 20.2. The maximum absolute atomic E-state index is 11.7. The standard InChI is InChI=1S/C21H31N5O4.HI/c1-16(19-5-3-14-30-19)24-21(22-11-4-13-25-12-2-6-20(25)27)23-15-17-7-9-18(10-8-17)26(28)29;/h7-10,16,19H,2-6,11-15H2,1H3,(H2,22,23,24);1H. The molecule has 2 aliphatic rings. The molecule has 1 aromatic rings. The summed E-state index contributed by atoms with van der Waals surface area (Å²) in [7, 11) is 0. The molecule has 2 atom stereocenters. The van der Waals surface area contributed by atoms with Crippen molar-refractivity contribution >= 4 is 41.5 Å². The Balaban J connectivity index is 0.00000341. The number of likely N-dealkylation sites (tertiary alicyclic amines) is 1. The van der Waals surface area contributed by atoms with Gasteiger partial charge < -0.3 is 20.3 Å². The van der Waals surface area contributed by atoms with Crippen molar-refractivity contribution in [2.75, 3.05) is 26.2 Å². The van der Waals surface area contributed by atoms with Crippen molar-refractivity contribution in [3.8, 4) is 0 Å². The molecule has 2 heterocycles. The van der Waals surface area contributed by atoms with Crippen LogP contribution < -0.4 is 10.6 Å². The zero-order valence-electron chi connectivity index (χ0n) is 17.9. The van der Waals surface area contributed by atoms with Crippen molar-refractivity contribution in [2.45, 2.75) is 57.7 Å². The topological polar surface area (TPSA) is 109 Å². The first-order chi connectivity index (χ1) is 14.5. The number of benzene rings is 1. The number of ether oxygens (including phenoxy) is 1. The van der Waals surface area contributed by atoms with E-state index in [2.05, 4.69) is 22.5 Å². The smallest absolute Gasteiger partial charge is 0.269 e. The summed E-state index contributed by atoms with van der Waals surface area (Å²) >= 11 is 0. The number of hydrogen-bond acceptors (Lipinski definition) is 5. The third-order valence-electron chi connectivity index (χ3n) is 5.52. The number of aliphatic imine (C=N–C) groups is 1. The minimum absolute atomic E-state index is 0. The summed E-state index contributed by atoms with van der Waals surface area (Å²) in [6, 6.07) is 6.56. The zero-order chi connectivity index (χ0) is 21.3. The second-order valence-corrected chi connectivity index (χ2v) is 7.84. The number of guanidine groups is 1. The number of halogens is 1. The van der Waals surface area contributed by atoms with Crippen LogP contribution in [0.25, 0.3) is 0 Å². The van der Waals surface area contributed by atoms with Crippen molar-refractivity contribution in [1.29, 1.82) is 0 Å². The van der Waals surface area contributed by atoms with Crippen LogP contribution in [-0.2, 0) is 16.1 Å². The molecule has 0 spiro atoms. The number of hydrogen-bond donors (Lipinski definition) is 2. The molecule has 0 saturated carbocycles. The highest BCUT2D eigenvalue weighted by atomic mass is 127. The van der Waals surface area contributed by atoms with Gasteiger partial charge in [0, 0.05) is 44.8 Å². The van der Waals surface area contributed by atoms with Gasteiger partial charge in [0.1, 0.15) is 0 Å². The predicted molar refractivity (Wildman–Crippen MR) is 130 cm³/mol. The summed E-state index contributed by atoms with van der Waals surface area (Å²) in [5.41, 5.74) is 0.969. The van der Waals surface area contributed by atoms with Crippen LogP contribution in [0.15, 0.2) is 29.3 Å². The van der Waals surface area contributed by atoms with Crippen molar-refractivity contribution in [3.63, 3.8) is 0 Å². The Morgan fingerprint density at radius 2 is 2.13 bits per heavy atom. The fourth-order valence-corrected chi connectivity index (χ4v) is 3.77. The first-order valence-corrected chi connectivity index (χ1v) is 10.7. The van der Waals surface area contributed by atoms with Gasteiger partial charge >= 0.3 is 0 Å². The summed E-state index contributed by atoms with van der Waals surface area (Å²) in [6.07, 6.45) is 4.73. The van der Waals surface area contributed by atoms with Crippen LogP contribution in [0.1, 0.15) is 44.6 Å². The maximum atomic E-state index is 11.7. The Bertz CT molecular complexity index is 753. The molecule has 2 fully saturated rings. The molecule has 172 valence electrons. The first-order valence-electron chi connectivity index (χ1n) is 10.7. The Kier molecular flexibility index (Phi) is 10.4. The SMILES string of the molecule is CC(NC(=NCc1ccc([N+](=O)[O-])cc1)NCCCN1CCCC1=O)C1CCCO1.I. The number of carbonyl (C=O) groups is 1. The molecule has 1 aromatic carbocycles. The number of amides is 1. The molecule has 9 nitrogen and oxygen atoms in total. The summed E-state index contributed by atoms with van der Waals surface area (Å²) in [5.74, 6) is 0.927. The maximum Gasteiger partial charge on any atom is 0.269 e. The summed E-state index contributed by atoms with van der Waals surface area (Å²) in [6.45, 7) is 5.60. The minimum Gasteiger partial charge on any atom is -0.376 e. The van der Waals surface area contributed by atoms with Gasteiger partial charge in [-0.1, -0.05) is 12.1 Å². The summed E-state index contributed by atoms with van der Waals surface area (Å²) < 4.78 is 5.77. The Labute approximate surface area is 200 Å². The lowest BCUT2D eigenvalue weighted by molar-refractivity contribution is -0.384. The van der Waals surface area contributed by atoms with E-state index in [1.54, 1.807) is 12.1 Å². The molecule has 0 bridgehead atoms. The molecule has 10 heteroatoms. The molecule has 2 N–H and O–H groups in total. The van der Waals surface area contributed by atoms with Crippen LogP contribution >= 0.6 is 24.0 Å². The van der Waals surface area contributed by atoms with Crippen LogP contribution in [-0.4, -0.2) is 60.1 Å². The van der Waals surface area contributed by atoms with Crippen LogP contribution in [0.3, 0.4) is 0 Å². The van der Waals surface area contributed by atoms with Crippen LogP contribution in [0.5, 0.6) is 0 Å². The Morgan fingerprint density at radius 3 is 2.74 bits per heavy atom. The predicted octanol–water partition coefficient (Wildman–Crippen LogP) is 2.83. The fourth-order valence-electron chi connectivity index (χ4n) is 3.77. The van der Waals surface area contributed by atoms with Crippen molar-refractivity contribution in [2.24, 2.45) is 4.99 Å². The highest BCUT2D eigenvalue weighted by Gasteiger charge is 2.23. The van der Waals surface area contributed by atoms with Crippen molar-refractivity contribution in [3.05, 3.63) is 39.9 Å². The lowest BCUT2D eigenvalue weighted by Crippen LogP contribution is -2.47. The van der Waals surface area contributed by atoms with Crippen LogP contribution in [0, 0.1) is 10.1 Å². The van der Waals surface area contributed by atoms with E-state index in [0.29, 0.717) is 25.5 Å². The average Bonchev–Trinajstić information content (AvgIpc) is 3.41. The molecule has 0 aliphatic carbocycles. The van der Waals surface area contributed by atoms with Gasteiger partial charge in [0.15, 0.2) is 5.96 Å². The number of nitro groups is 1. The van der Waals surface area contributed by atoms with Crippen LogP contribution in [0.2, 0.25) is 0 Å². The number of carbonyl (C=O) groups excluding carboxylic acids is 1. The highest BCUT2D eigenvalue weighted by molar-refractivity contribution is 14.0. The van der Waals surface area contributed by atoms with E-state index in [-0.39, 0.29) is 47.7 Å². The molecule has 0 aromatic heterocycles. The quantitative estimate of drug-likeness (QED) is 0.123. The average molecular weight is 545 g/mol. The molecule has 2 saturated heterocycles. The van der Waals surface area contributed by atoms with Gasteiger partial charge in [-0.3, -0.25) is 14.9 Å². The van der Waals surface area contributed by atoms with E-state index in [4.69, 9.17) is 4.74 Å². The second kappa shape index (κ2) is 12.8. The molecule has 31 heavy (non-hydrogen) atoms. The van der Waals surface area contributed by atoms with Gasteiger partial charge in [-0.05, 0) is 38.2 Å². The van der Waals surface area contributed by atoms with E-state index in [9.17, 15) is 14.9 Å². The van der Waals surface area contributed by atoms with E-state index in [1.807, 2.05) is 4.90 Å². The van der Waals surface area contributed by atoms with Gasteiger partial charge in [-0.2, -0.15) is 0 Å². The normalized spacial score (nSPS) is 19.8. The lowest BCUT2D eigenvalue weighted by atomic mass is 10.1.